The number of ether oxygens (including phenoxy) is 1. The largest absolute Gasteiger partial charge is 0.358 e. The SMILES string of the molecule is O=C1C2CCC3(C2)OC13. The van der Waals surface area contributed by atoms with Crippen LogP contribution in [-0.2, 0) is 9.53 Å². The smallest absolute Gasteiger partial charge is 0.167 e. The highest BCUT2D eigenvalue weighted by atomic mass is 16.6. The van der Waals surface area contributed by atoms with Crippen LogP contribution in [0.4, 0.5) is 0 Å². The number of hydrogen-bond acceptors (Lipinski definition) is 2. The van der Waals surface area contributed by atoms with Crippen LogP contribution in [0.25, 0.3) is 0 Å². The number of ketones is 1. The molecule has 0 aromatic heterocycles. The number of rotatable bonds is 0. The third kappa shape index (κ3) is 0.317. The second kappa shape index (κ2) is 0.966. The van der Waals surface area contributed by atoms with E-state index in [0.717, 1.165) is 19.3 Å². The van der Waals surface area contributed by atoms with Crippen molar-refractivity contribution in [2.45, 2.75) is 31.0 Å². The Morgan fingerprint density at radius 1 is 1.67 bits per heavy atom. The van der Waals surface area contributed by atoms with E-state index >= 15 is 0 Å². The average Bonchev–Trinajstić information content (AvgIpc) is 2.28. The fraction of sp³-hybridized carbons (Fsp3) is 0.857. The molecule has 0 aromatic rings. The predicted octanol–water partition coefficient (Wildman–Crippen LogP) is 0.507. The molecule has 1 spiro atoms. The minimum atomic E-state index is 0.0521. The van der Waals surface area contributed by atoms with Crippen LogP contribution in [0.5, 0.6) is 0 Å². The van der Waals surface area contributed by atoms with Crippen LogP contribution in [0.2, 0.25) is 0 Å². The molecule has 3 rings (SSSR count). The maximum Gasteiger partial charge on any atom is 0.167 e. The highest BCUT2D eigenvalue weighted by molar-refractivity contribution is 5.93. The number of fused-ring (bicyclic) bond motifs is 1. The number of hydrogen-bond donors (Lipinski definition) is 0. The summed E-state index contributed by atoms with van der Waals surface area (Å²) in [7, 11) is 0. The van der Waals surface area contributed by atoms with Crippen molar-refractivity contribution < 1.29 is 9.53 Å². The molecule has 3 unspecified atom stereocenters. The van der Waals surface area contributed by atoms with Gasteiger partial charge in [0, 0.05) is 5.92 Å². The van der Waals surface area contributed by atoms with Gasteiger partial charge in [-0.2, -0.15) is 0 Å². The summed E-state index contributed by atoms with van der Waals surface area (Å²) in [5.41, 5.74) is 0.0990. The molecule has 2 bridgehead atoms. The van der Waals surface area contributed by atoms with Gasteiger partial charge in [-0.05, 0) is 19.3 Å². The van der Waals surface area contributed by atoms with Gasteiger partial charge < -0.3 is 4.74 Å². The summed E-state index contributed by atoms with van der Waals surface area (Å²) in [5.74, 6) is 0.782. The van der Waals surface area contributed by atoms with Crippen molar-refractivity contribution in [3.8, 4) is 0 Å². The van der Waals surface area contributed by atoms with E-state index in [1.807, 2.05) is 0 Å². The molecule has 3 atom stereocenters. The minimum Gasteiger partial charge on any atom is -0.358 e. The Bertz CT molecular complexity index is 193. The maximum absolute atomic E-state index is 11.1. The van der Waals surface area contributed by atoms with Crippen molar-refractivity contribution in [3.63, 3.8) is 0 Å². The van der Waals surface area contributed by atoms with Gasteiger partial charge in [-0.3, -0.25) is 4.79 Å². The van der Waals surface area contributed by atoms with Gasteiger partial charge in [-0.25, -0.2) is 0 Å². The van der Waals surface area contributed by atoms with Crippen LogP contribution >= 0.6 is 0 Å². The van der Waals surface area contributed by atoms with E-state index in [0.29, 0.717) is 11.7 Å². The zero-order valence-electron chi connectivity index (χ0n) is 5.09. The Labute approximate surface area is 53.2 Å². The van der Waals surface area contributed by atoms with Gasteiger partial charge in [0.1, 0.15) is 11.7 Å². The van der Waals surface area contributed by atoms with Crippen LogP contribution in [0.1, 0.15) is 19.3 Å². The third-order valence-electron chi connectivity index (χ3n) is 2.94. The molecule has 0 N–H and O–H groups in total. The van der Waals surface area contributed by atoms with Gasteiger partial charge in [0.15, 0.2) is 5.78 Å². The lowest BCUT2D eigenvalue weighted by Gasteiger charge is -2.00. The molecule has 3 aliphatic rings. The molecule has 9 heavy (non-hydrogen) atoms. The van der Waals surface area contributed by atoms with E-state index in [1.54, 1.807) is 0 Å². The summed E-state index contributed by atoms with van der Waals surface area (Å²) >= 11 is 0. The second-order valence-corrected chi connectivity index (χ2v) is 3.40. The van der Waals surface area contributed by atoms with Crippen molar-refractivity contribution in [1.29, 1.82) is 0 Å². The van der Waals surface area contributed by atoms with E-state index < -0.39 is 0 Å². The molecule has 0 aromatic carbocycles. The highest BCUT2D eigenvalue weighted by Gasteiger charge is 2.71. The quantitative estimate of drug-likeness (QED) is 0.440. The first-order chi connectivity index (χ1) is 4.32. The summed E-state index contributed by atoms with van der Waals surface area (Å²) in [5, 5.41) is 0. The lowest BCUT2D eigenvalue weighted by atomic mass is 10.00. The second-order valence-electron chi connectivity index (χ2n) is 3.40. The molecule has 1 saturated heterocycles. The van der Waals surface area contributed by atoms with Gasteiger partial charge in [-0.1, -0.05) is 0 Å². The molecule has 2 nitrogen and oxygen atoms in total. The zero-order valence-corrected chi connectivity index (χ0v) is 5.09. The topological polar surface area (TPSA) is 29.6 Å². The van der Waals surface area contributed by atoms with Gasteiger partial charge in [0.25, 0.3) is 0 Å². The monoisotopic (exact) mass is 124 g/mol. The standard InChI is InChI=1S/C7H8O2/c8-5-4-1-2-7(3-4)6(5)9-7/h4,6H,1-3H2. The van der Waals surface area contributed by atoms with Crippen LogP contribution in [0.15, 0.2) is 0 Å². The predicted molar refractivity (Wildman–Crippen MR) is 30.0 cm³/mol. The first-order valence-electron chi connectivity index (χ1n) is 3.53. The first-order valence-corrected chi connectivity index (χ1v) is 3.53. The molecule has 2 heteroatoms. The van der Waals surface area contributed by atoms with Crippen LogP contribution in [-0.4, -0.2) is 17.5 Å². The highest BCUT2D eigenvalue weighted by Crippen LogP contribution is 2.59. The van der Waals surface area contributed by atoms with Crippen molar-refractivity contribution in [2.75, 3.05) is 0 Å². The molecule has 3 fully saturated rings. The van der Waals surface area contributed by atoms with Crippen LogP contribution in [0.3, 0.4) is 0 Å². The van der Waals surface area contributed by atoms with E-state index in [4.69, 9.17) is 4.74 Å². The molecular weight excluding hydrogens is 116 g/mol. The van der Waals surface area contributed by atoms with Crippen molar-refractivity contribution >= 4 is 5.78 Å². The van der Waals surface area contributed by atoms with Crippen molar-refractivity contribution in [1.82, 2.24) is 0 Å². The molecule has 0 amide bonds. The van der Waals surface area contributed by atoms with Crippen LogP contribution in [0, 0.1) is 5.92 Å². The van der Waals surface area contributed by atoms with E-state index in [1.165, 1.54) is 0 Å². The summed E-state index contributed by atoms with van der Waals surface area (Å²) < 4.78 is 5.29. The molecule has 48 valence electrons. The fourth-order valence-electron chi connectivity index (χ4n) is 2.36. The Balaban J connectivity index is 2.12. The summed E-state index contributed by atoms with van der Waals surface area (Å²) in [6, 6.07) is 0. The van der Waals surface area contributed by atoms with Crippen LogP contribution < -0.4 is 0 Å². The Kier molecular flexibility index (Phi) is 0.477. The summed E-state index contributed by atoms with van der Waals surface area (Å²) in [4.78, 5) is 11.1. The molecule has 1 heterocycles. The average molecular weight is 124 g/mol. The van der Waals surface area contributed by atoms with Gasteiger partial charge >= 0.3 is 0 Å². The summed E-state index contributed by atoms with van der Waals surface area (Å²) in [6.07, 6.45) is 3.33. The minimum absolute atomic E-state index is 0.0521. The molecule has 1 aliphatic heterocycles. The normalized spacial score (nSPS) is 60.2. The molecule has 0 radical (unpaired) electrons. The lowest BCUT2D eigenvalue weighted by Crippen LogP contribution is -2.16. The Morgan fingerprint density at radius 2 is 2.56 bits per heavy atom. The summed E-state index contributed by atoms with van der Waals surface area (Å²) in [6.45, 7) is 0. The maximum atomic E-state index is 11.1. The van der Waals surface area contributed by atoms with Crippen molar-refractivity contribution in [3.05, 3.63) is 0 Å². The van der Waals surface area contributed by atoms with Gasteiger partial charge in [-0.15, -0.1) is 0 Å². The molecule has 2 aliphatic carbocycles. The molecule has 2 saturated carbocycles. The third-order valence-corrected chi connectivity index (χ3v) is 2.94. The Morgan fingerprint density at radius 3 is 3.00 bits per heavy atom. The number of carbonyl (C=O) groups is 1. The van der Waals surface area contributed by atoms with Gasteiger partial charge in [0.05, 0.1) is 0 Å². The fourth-order valence-corrected chi connectivity index (χ4v) is 2.36. The number of carbonyl (C=O) groups excluding carboxylic acids is 1. The first kappa shape index (κ1) is 4.45. The van der Waals surface area contributed by atoms with Crippen molar-refractivity contribution in [2.24, 2.45) is 5.92 Å². The van der Waals surface area contributed by atoms with E-state index in [-0.39, 0.29) is 11.7 Å². The molecular formula is C7H8O2. The number of Topliss-reactive ketones (excluding diaryl/α,β-unsaturated/α-hetero) is 1. The van der Waals surface area contributed by atoms with E-state index in [9.17, 15) is 4.79 Å². The lowest BCUT2D eigenvalue weighted by molar-refractivity contribution is -0.123. The van der Waals surface area contributed by atoms with E-state index in [2.05, 4.69) is 0 Å². The zero-order chi connectivity index (χ0) is 6.06. The number of epoxide rings is 1. The van der Waals surface area contributed by atoms with Gasteiger partial charge in [0.2, 0.25) is 0 Å². The Hall–Kier alpha value is -0.370.